The second-order valence-corrected chi connectivity index (χ2v) is 3.87. The van der Waals surface area contributed by atoms with E-state index in [2.05, 4.69) is 5.32 Å². The lowest BCUT2D eigenvalue weighted by Crippen LogP contribution is -2.27. The molecule has 0 aliphatic carbocycles. The molecule has 0 spiro atoms. The Balaban J connectivity index is 1.75. The predicted molar refractivity (Wildman–Crippen MR) is 58.0 cm³/mol. The van der Waals surface area contributed by atoms with Gasteiger partial charge in [-0.15, -0.1) is 11.6 Å². The Kier molecular flexibility index (Phi) is 7.41. The highest BCUT2D eigenvalue weighted by molar-refractivity contribution is 6.17. The number of hydrogen-bond acceptors (Lipinski definition) is 3. The molecule has 0 saturated carbocycles. The standard InChI is InChI=1S/C10H20ClNO2/c11-4-8-13-6-2-5-12-9-10-3-1-7-14-10/h10,12H,1-9H2. The average Bonchev–Trinajstić information content (AvgIpc) is 2.69. The van der Waals surface area contributed by atoms with Gasteiger partial charge in [-0.2, -0.15) is 0 Å². The summed E-state index contributed by atoms with van der Waals surface area (Å²) in [5.41, 5.74) is 0. The summed E-state index contributed by atoms with van der Waals surface area (Å²) in [6, 6.07) is 0. The first-order valence-corrected chi connectivity index (χ1v) is 5.93. The van der Waals surface area contributed by atoms with Gasteiger partial charge in [0.1, 0.15) is 0 Å². The number of alkyl halides is 1. The van der Waals surface area contributed by atoms with Crippen molar-refractivity contribution in [3.8, 4) is 0 Å². The van der Waals surface area contributed by atoms with Crippen molar-refractivity contribution in [2.45, 2.75) is 25.4 Å². The van der Waals surface area contributed by atoms with Gasteiger partial charge in [0.05, 0.1) is 12.7 Å². The molecule has 3 nitrogen and oxygen atoms in total. The van der Waals surface area contributed by atoms with Crippen molar-refractivity contribution in [1.82, 2.24) is 5.32 Å². The number of rotatable bonds is 8. The zero-order valence-corrected chi connectivity index (χ0v) is 9.39. The number of ether oxygens (including phenoxy) is 2. The van der Waals surface area contributed by atoms with Crippen LogP contribution in [0.4, 0.5) is 0 Å². The van der Waals surface area contributed by atoms with Gasteiger partial charge in [0, 0.05) is 25.6 Å². The fourth-order valence-corrected chi connectivity index (χ4v) is 1.63. The van der Waals surface area contributed by atoms with Gasteiger partial charge in [0.15, 0.2) is 0 Å². The highest BCUT2D eigenvalue weighted by Crippen LogP contribution is 2.10. The molecule has 0 aromatic heterocycles. The van der Waals surface area contributed by atoms with Crippen molar-refractivity contribution >= 4 is 11.6 Å². The first-order valence-electron chi connectivity index (χ1n) is 5.39. The molecule has 0 bridgehead atoms. The molecule has 0 amide bonds. The third kappa shape index (κ3) is 5.81. The SMILES string of the molecule is ClCCOCCCNCC1CCCO1. The third-order valence-electron chi connectivity index (χ3n) is 2.26. The Morgan fingerprint density at radius 3 is 3.07 bits per heavy atom. The smallest absolute Gasteiger partial charge is 0.0700 e. The van der Waals surface area contributed by atoms with Gasteiger partial charge in [0.25, 0.3) is 0 Å². The lowest BCUT2D eigenvalue weighted by atomic mass is 10.2. The highest BCUT2D eigenvalue weighted by Gasteiger charge is 2.13. The molecule has 14 heavy (non-hydrogen) atoms. The molecule has 0 aromatic carbocycles. The quantitative estimate of drug-likeness (QED) is 0.497. The number of hydrogen-bond donors (Lipinski definition) is 1. The summed E-state index contributed by atoms with van der Waals surface area (Å²) in [5.74, 6) is 0.587. The van der Waals surface area contributed by atoms with Crippen LogP contribution in [0.1, 0.15) is 19.3 Å². The van der Waals surface area contributed by atoms with Gasteiger partial charge in [-0.1, -0.05) is 0 Å². The fraction of sp³-hybridized carbons (Fsp3) is 1.00. The van der Waals surface area contributed by atoms with Crippen molar-refractivity contribution in [2.75, 3.05) is 38.8 Å². The zero-order valence-electron chi connectivity index (χ0n) is 8.64. The minimum Gasteiger partial charge on any atom is -0.380 e. The summed E-state index contributed by atoms with van der Waals surface area (Å²) in [5, 5.41) is 3.37. The molecule has 1 N–H and O–H groups in total. The van der Waals surface area contributed by atoms with E-state index < -0.39 is 0 Å². The van der Waals surface area contributed by atoms with Gasteiger partial charge in [0.2, 0.25) is 0 Å². The van der Waals surface area contributed by atoms with E-state index in [9.17, 15) is 0 Å². The maximum absolute atomic E-state index is 5.49. The molecule has 1 unspecified atom stereocenters. The minimum atomic E-state index is 0.443. The van der Waals surface area contributed by atoms with Gasteiger partial charge >= 0.3 is 0 Å². The number of nitrogens with one attached hydrogen (secondary N) is 1. The van der Waals surface area contributed by atoms with Gasteiger partial charge in [-0.05, 0) is 25.8 Å². The Morgan fingerprint density at radius 1 is 1.43 bits per heavy atom. The third-order valence-corrected chi connectivity index (χ3v) is 2.41. The van der Waals surface area contributed by atoms with Crippen LogP contribution in [0.25, 0.3) is 0 Å². The molecule has 84 valence electrons. The summed E-state index contributed by atoms with van der Waals surface area (Å²) in [6.07, 6.45) is 3.91. The molecular formula is C10H20ClNO2. The topological polar surface area (TPSA) is 30.5 Å². The second-order valence-electron chi connectivity index (χ2n) is 3.49. The molecule has 4 heteroatoms. The lowest BCUT2D eigenvalue weighted by molar-refractivity contribution is 0.108. The summed E-state index contributed by atoms with van der Waals surface area (Å²) in [4.78, 5) is 0. The van der Waals surface area contributed by atoms with Crippen molar-refractivity contribution in [2.24, 2.45) is 0 Å². The van der Waals surface area contributed by atoms with Crippen LogP contribution in [-0.2, 0) is 9.47 Å². The molecule has 1 saturated heterocycles. The van der Waals surface area contributed by atoms with Crippen molar-refractivity contribution in [1.29, 1.82) is 0 Å². The van der Waals surface area contributed by atoms with Crippen LogP contribution in [0.5, 0.6) is 0 Å². The molecule has 1 atom stereocenters. The number of halogens is 1. The van der Waals surface area contributed by atoms with Crippen molar-refractivity contribution in [3.63, 3.8) is 0 Å². The van der Waals surface area contributed by atoms with E-state index >= 15 is 0 Å². The normalized spacial score (nSPS) is 21.6. The molecule has 0 aromatic rings. The molecule has 1 heterocycles. The first kappa shape index (κ1) is 12.2. The van der Waals surface area contributed by atoms with E-state index in [4.69, 9.17) is 21.1 Å². The van der Waals surface area contributed by atoms with E-state index in [0.717, 1.165) is 32.7 Å². The van der Waals surface area contributed by atoms with E-state index in [0.29, 0.717) is 18.6 Å². The first-order chi connectivity index (χ1) is 6.93. The van der Waals surface area contributed by atoms with Crippen LogP contribution in [0, 0.1) is 0 Å². The maximum atomic E-state index is 5.49. The van der Waals surface area contributed by atoms with Crippen LogP contribution in [0.15, 0.2) is 0 Å². The van der Waals surface area contributed by atoms with Crippen LogP contribution in [0.2, 0.25) is 0 Å². The molecule has 1 aliphatic heterocycles. The minimum absolute atomic E-state index is 0.443. The van der Waals surface area contributed by atoms with Gasteiger partial charge < -0.3 is 14.8 Å². The Labute approximate surface area is 91.1 Å². The van der Waals surface area contributed by atoms with Gasteiger partial charge in [-0.25, -0.2) is 0 Å². The lowest BCUT2D eigenvalue weighted by Gasteiger charge is -2.10. The molecule has 0 radical (unpaired) electrons. The Bertz CT molecular complexity index is 129. The van der Waals surface area contributed by atoms with E-state index in [1.807, 2.05) is 0 Å². The van der Waals surface area contributed by atoms with E-state index in [1.165, 1.54) is 12.8 Å². The van der Waals surface area contributed by atoms with Crippen LogP contribution in [-0.4, -0.2) is 44.9 Å². The largest absolute Gasteiger partial charge is 0.380 e. The summed E-state index contributed by atoms with van der Waals surface area (Å²) in [7, 11) is 0. The van der Waals surface area contributed by atoms with E-state index in [-0.39, 0.29) is 0 Å². The maximum Gasteiger partial charge on any atom is 0.0700 e. The molecule has 1 rings (SSSR count). The second kappa shape index (κ2) is 8.48. The summed E-state index contributed by atoms with van der Waals surface area (Å²) in [6.45, 7) is 4.38. The molecule has 1 fully saturated rings. The van der Waals surface area contributed by atoms with Crippen LogP contribution < -0.4 is 5.32 Å². The Hall–Kier alpha value is 0.170. The van der Waals surface area contributed by atoms with Crippen molar-refractivity contribution in [3.05, 3.63) is 0 Å². The fourth-order valence-electron chi connectivity index (χ4n) is 1.52. The summed E-state index contributed by atoms with van der Waals surface area (Å²) < 4.78 is 10.7. The highest BCUT2D eigenvalue weighted by atomic mass is 35.5. The zero-order chi connectivity index (χ0) is 10.1. The Morgan fingerprint density at radius 2 is 2.36 bits per heavy atom. The van der Waals surface area contributed by atoms with Crippen LogP contribution in [0.3, 0.4) is 0 Å². The monoisotopic (exact) mass is 221 g/mol. The van der Waals surface area contributed by atoms with Gasteiger partial charge in [-0.3, -0.25) is 0 Å². The van der Waals surface area contributed by atoms with E-state index in [1.54, 1.807) is 0 Å². The van der Waals surface area contributed by atoms with Crippen LogP contribution >= 0.6 is 11.6 Å². The summed E-state index contributed by atoms with van der Waals surface area (Å²) >= 11 is 5.47. The average molecular weight is 222 g/mol. The molecule has 1 aliphatic rings. The predicted octanol–water partition coefficient (Wildman–Crippen LogP) is 1.40. The molecular weight excluding hydrogens is 202 g/mol. The van der Waals surface area contributed by atoms with Crippen molar-refractivity contribution < 1.29 is 9.47 Å².